The van der Waals surface area contributed by atoms with Gasteiger partial charge in [0.1, 0.15) is 0 Å². The number of para-hydroxylation sites is 14. The summed E-state index contributed by atoms with van der Waals surface area (Å²) in [5.41, 5.74) is 43.0. The van der Waals surface area contributed by atoms with Gasteiger partial charge in [-0.1, -0.05) is 473 Å². The van der Waals surface area contributed by atoms with Crippen molar-refractivity contribution in [2.24, 2.45) is 0 Å². The van der Waals surface area contributed by atoms with Gasteiger partial charge in [0.2, 0.25) is 0 Å². The van der Waals surface area contributed by atoms with E-state index in [0.29, 0.717) is 0 Å². The molecule has 0 aliphatic heterocycles. The highest BCUT2D eigenvalue weighted by molar-refractivity contribution is 6.20. The maximum Gasteiger partial charge on any atom is 0.0619 e. The van der Waals surface area contributed by atoms with E-state index < -0.39 is 0 Å². The predicted molar refractivity (Wildman–Crippen MR) is 634 cm³/mol. The summed E-state index contributed by atoms with van der Waals surface area (Å²) in [6, 6.07) is 211. The molecule has 0 unspecified atom stereocenters. The molecule has 0 saturated heterocycles. The van der Waals surface area contributed by atoms with E-state index in [0.717, 1.165) is 22.7 Å². The van der Waals surface area contributed by atoms with Crippen molar-refractivity contribution in [3.8, 4) is 134 Å². The Balaban J connectivity index is 0.000000108. The highest BCUT2D eigenvalue weighted by Gasteiger charge is 2.30. The lowest BCUT2D eigenvalue weighted by Crippen LogP contribution is -2.04. The molecule has 0 N–H and O–H groups in total. The van der Waals surface area contributed by atoms with Crippen LogP contribution in [0.25, 0.3) is 265 Å². The quantitative estimate of drug-likeness (QED) is 0.0979. The van der Waals surface area contributed by atoms with Gasteiger partial charge in [-0.15, -0.1) is 0 Å². The van der Waals surface area contributed by atoms with E-state index in [2.05, 4.69) is 610 Å². The molecule has 0 aliphatic carbocycles. The standard InChI is InChI=1S/3C48H32N2/c1-3-17-33(18-4-1)35-25-15-27-41(47(35)49-43-29-11-7-21-37(43)38-22-8-12-30-44(38)49)42-28-16-26-36(34-19-5-2-6-20-34)48(42)50-45-31-13-9-23-39(45)40-24-10-14-32-46(40)50;1-3-17-33(18-4-1)35-25-15-31-45-47(35)39-23-9-13-29-43(39)49(45)41-27-11-7-21-37(41)38-22-8-12-28-42(38)50-44-30-14-10-24-40(44)48-36(26-16-32-46(48)50)34-19-5-2-6-20-34;1-3-15-33(16-4-1)35-27-29-47-41(31-35)39-21-9-13-25-45(39)49(47)43-23-11-7-19-37(43)38-20-8-12-24-44(38)50-46-26-14-10-22-40(46)42-32-36(28-30-48(42)50)34-17-5-2-6-18-34/h3*1-32H. The van der Waals surface area contributed by atoms with Gasteiger partial charge in [0, 0.05) is 109 Å². The minimum Gasteiger partial charge on any atom is -0.309 e. The Hall–Kier alpha value is -19.9. The lowest BCUT2D eigenvalue weighted by Gasteiger charge is -2.23. The molecule has 0 bridgehead atoms. The number of hydrogen-bond donors (Lipinski definition) is 0. The van der Waals surface area contributed by atoms with Crippen LogP contribution in [0, 0.1) is 0 Å². The molecule has 6 heteroatoms. The summed E-state index contributed by atoms with van der Waals surface area (Å²) in [6.07, 6.45) is 0. The SMILES string of the molecule is c1ccc(-c2ccc3c(c2)c2ccccc2n3-c2ccccc2-c2ccccc2-n2c3ccccc3c3cc(-c4ccccc4)ccc32)cc1.c1ccc(-c2cccc(-c3cccc(-c4ccccc4)c3-n3c4ccccc4c4ccccc43)c2-n2c3ccccc3c3ccccc32)cc1.c1ccc(-c2cccc3c2c2ccccc2n3-c2ccccc2-c2ccccc2-n2c3ccccc3c3c(-c4ccccc4)cccc32)cc1. The normalized spacial score (nSPS) is 11.6. The van der Waals surface area contributed by atoms with Crippen molar-refractivity contribution in [2.75, 3.05) is 0 Å². The molecule has 0 fully saturated rings. The minimum absolute atomic E-state index is 1.15. The molecule has 0 atom stereocenters. The Morgan fingerprint density at radius 1 is 0.0933 bits per heavy atom. The van der Waals surface area contributed by atoms with Gasteiger partial charge in [-0.2, -0.15) is 0 Å². The fraction of sp³-hybridized carbons (Fsp3) is 0. The summed E-state index contributed by atoms with van der Waals surface area (Å²) < 4.78 is 14.8. The Morgan fingerprint density at radius 3 is 0.580 bits per heavy atom. The molecule has 0 amide bonds. The van der Waals surface area contributed by atoms with Crippen molar-refractivity contribution in [1.29, 1.82) is 0 Å². The number of fused-ring (bicyclic) bond motifs is 18. The van der Waals surface area contributed by atoms with Gasteiger partial charge in [-0.3, -0.25) is 0 Å². The third kappa shape index (κ3) is 14.8. The number of aromatic nitrogens is 6. The van der Waals surface area contributed by atoms with E-state index in [4.69, 9.17) is 0 Å². The highest BCUT2D eigenvalue weighted by Crippen LogP contribution is 2.51. The summed E-state index contributed by atoms with van der Waals surface area (Å²) in [7, 11) is 0. The van der Waals surface area contributed by atoms with Gasteiger partial charge in [-0.25, -0.2) is 0 Å². The third-order valence-electron chi connectivity index (χ3n) is 30.4. The number of nitrogens with zero attached hydrogens (tertiary/aromatic N) is 6. The van der Waals surface area contributed by atoms with Crippen LogP contribution in [0.1, 0.15) is 0 Å². The first-order valence-corrected chi connectivity index (χ1v) is 51.6. The van der Waals surface area contributed by atoms with Crippen LogP contribution in [0.5, 0.6) is 0 Å². The van der Waals surface area contributed by atoms with Crippen LogP contribution in [0.4, 0.5) is 0 Å². The maximum atomic E-state index is 2.49. The fourth-order valence-corrected chi connectivity index (χ4v) is 24.0. The Kier molecular flexibility index (Phi) is 21.9. The second kappa shape index (κ2) is 37.4. The zero-order chi connectivity index (χ0) is 99.1. The van der Waals surface area contributed by atoms with Crippen molar-refractivity contribution in [1.82, 2.24) is 27.4 Å². The summed E-state index contributed by atoms with van der Waals surface area (Å²) >= 11 is 0. The second-order valence-electron chi connectivity index (χ2n) is 38.7. The molecular weight excluding hydrogens is 1810 g/mol. The van der Waals surface area contributed by atoms with Crippen LogP contribution in [-0.2, 0) is 0 Å². The fourth-order valence-electron chi connectivity index (χ4n) is 24.0. The molecule has 702 valence electrons. The molecule has 6 heterocycles. The minimum atomic E-state index is 1.15. The number of benzene rings is 24. The van der Waals surface area contributed by atoms with E-state index in [-0.39, 0.29) is 0 Å². The van der Waals surface area contributed by atoms with Crippen LogP contribution in [0.2, 0.25) is 0 Å². The highest BCUT2D eigenvalue weighted by atomic mass is 15.0. The summed E-state index contributed by atoms with van der Waals surface area (Å²) in [5.74, 6) is 0. The number of hydrogen-bond acceptors (Lipinski definition) is 0. The molecule has 30 aromatic rings. The predicted octanol–water partition coefficient (Wildman–Crippen LogP) is 38.6. The zero-order valence-corrected chi connectivity index (χ0v) is 82.1. The Bertz CT molecular complexity index is 9750. The monoisotopic (exact) mass is 1910 g/mol. The van der Waals surface area contributed by atoms with Crippen LogP contribution in [0.3, 0.4) is 0 Å². The lowest BCUT2D eigenvalue weighted by molar-refractivity contribution is 1.16. The van der Waals surface area contributed by atoms with Crippen molar-refractivity contribution < 1.29 is 0 Å². The molecule has 6 nitrogen and oxygen atoms in total. The number of rotatable bonds is 15. The van der Waals surface area contributed by atoms with E-state index >= 15 is 0 Å². The molecule has 0 aliphatic rings. The van der Waals surface area contributed by atoms with Gasteiger partial charge in [0.05, 0.1) is 100 Å². The first-order chi connectivity index (χ1) is 74.6. The van der Waals surface area contributed by atoms with Crippen LogP contribution in [0.15, 0.2) is 582 Å². The second-order valence-corrected chi connectivity index (χ2v) is 38.7. The van der Waals surface area contributed by atoms with Gasteiger partial charge >= 0.3 is 0 Å². The summed E-state index contributed by atoms with van der Waals surface area (Å²) in [4.78, 5) is 0. The van der Waals surface area contributed by atoms with Crippen molar-refractivity contribution >= 4 is 131 Å². The topological polar surface area (TPSA) is 29.6 Å². The van der Waals surface area contributed by atoms with Crippen LogP contribution in [-0.4, -0.2) is 27.4 Å². The molecule has 0 radical (unpaired) electrons. The van der Waals surface area contributed by atoms with Gasteiger partial charge < -0.3 is 27.4 Å². The average Bonchev–Trinajstić information content (AvgIpc) is 1.54. The largest absolute Gasteiger partial charge is 0.309 e. The molecule has 24 aromatic carbocycles. The third-order valence-corrected chi connectivity index (χ3v) is 30.4. The van der Waals surface area contributed by atoms with E-state index in [1.807, 2.05) is 0 Å². The summed E-state index contributed by atoms with van der Waals surface area (Å²) in [5, 5.41) is 15.0. The van der Waals surface area contributed by atoms with Crippen molar-refractivity contribution in [3.05, 3.63) is 582 Å². The van der Waals surface area contributed by atoms with E-state index in [1.54, 1.807) is 0 Å². The maximum absolute atomic E-state index is 2.49. The lowest BCUT2D eigenvalue weighted by atomic mass is 9.91. The first kappa shape index (κ1) is 87.8. The van der Waals surface area contributed by atoms with Crippen LogP contribution >= 0.6 is 0 Å². The molecular formula is C144H96N6. The average molecular weight is 1910 g/mol. The van der Waals surface area contributed by atoms with Crippen molar-refractivity contribution in [3.63, 3.8) is 0 Å². The molecule has 150 heavy (non-hydrogen) atoms. The van der Waals surface area contributed by atoms with E-state index in [9.17, 15) is 0 Å². The summed E-state index contributed by atoms with van der Waals surface area (Å²) in [6.45, 7) is 0. The van der Waals surface area contributed by atoms with E-state index in [1.165, 1.54) is 242 Å². The molecule has 0 saturated carbocycles. The van der Waals surface area contributed by atoms with Crippen molar-refractivity contribution in [2.45, 2.75) is 0 Å². The van der Waals surface area contributed by atoms with Gasteiger partial charge in [0.25, 0.3) is 0 Å². The Morgan fingerprint density at radius 2 is 0.280 bits per heavy atom. The first-order valence-electron chi connectivity index (χ1n) is 51.6. The molecule has 0 spiro atoms. The Labute approximate surface area is 868 Å². The zero-order valence-electron chi connectivity index (χ0n) is 82.1. The smallest absolute Gasteiger partial charge is 0.0619 e. The van der Waals surface area contributed by atoms with Crippen LogP contribution < -0.4 is 0 Å². The van der Waals surface area contributed by atoms with Gasteiger partial charge in [0.15, 0.2) is 0 Å². The van der Waals surface area contributed by atoms with Gasteiger partial charge in [-0.05, 0) is 165 Å². The molecule has 30 rings (SSSR count). The molecule has 6 aromatic heterocycles.